The molecule has 0 aliphatic rings. The monoisotopic (exact) mass is 200 g/mol. The number of hydrogen-bond donors (Lipinski definition) is 2. The highest BCUT2D eigenvalue weighted by Crippen LogP contribution is 2.16. The van der Waals surface area contributed by atoms with E-state index >= 15 is 0 Å². The fourth-order valence-electron chi connectivity index (χ4n) is 0.799. The first-order chi connectivity index (χ1) is 6.63. The normalized spacial score (nSPS) is 9.64. The van der Waals surface area contributed by atoms with Gasteiger partial charge in [0.25, 0.3) is 5.95 Å². The van der Waals surface area contributed by atoms with E-state index in [4.69, 9.17) is 14.5 Å². The Balaban J connectivity index is 2.63. The van der Waals surface area contributed by atoms with Crippen LogP contribution in [0, 0.1) is 0 Å². The topological polar surface area (TPSA) is 89.1 Å². The van der Waals surface area contributed by atoms with Crippen molar-refractivity contribution in [3.63, 3.8) is 0 Å². The van der Waals surface area contributed by atoms with Crippen LogP contribution in [0.4, 0.5) is 0 Å². The molecule has 0 amide bonds. The second-order valence-electron chi connectivity index (χ2n) is 2.28. The summed E-state index contributed by atoms with van der Waals surface area (Å²) in [5, 5.41) is 16.8. The van der Waals surface area contributed by atoms with Gasteiger partial charge in [-0.15, -0.1) is 0 Å². The highest BCUT2D eigenvalue weighted by Gasteiger charge is 2.17. The van der Waals surface area contributed by atoms with Gasteiger partial charge < -0.3 is 23.9 Å². The Morgan fingerprint density at radius 1 is 1.57 bits per heavy atom. The summed E-state index contributed by atoms with van der Waals surface area (Å²) in [4.78, 5) is 11.0. The fourth-order valence-corrected chi connectivity index (χ4v) is 0.799. The fraction of sp³-hybridized carbons (Fsp3) is 0.286. The molecular formula is C7H9BO6. The third-order valence-electron chi connectivity index (χ3n) is 1.28. The van der Waals surface area contributed by atoms with Gasteiger partial charge in [0.1, 0.15) is 0 Å². The Hall–Kier alpha value is -1.47. The molecule has 0 aliphatic heterocycles. The lowest BCUT2D eigenvalue weighted by atomic mass is 10.3. The Labute approximate surface area is 80.2 Å². The molecule has 0 unspecified atom stereocenters. The summed E-state index contributed by atoms with van der Waals surface area (Å²) in [6.45, 7) is 1.90. The van der Waals surface area contributed by atoms with Crippen molar-refractivity contribution in [2.75, 3.05) is 6.61 Å². The van der Waals surface area contributed by atoms with Crippen molar-refractivity contribution in [1.29, 1.82) is 0 Å². The lowest BCUT2D eigenvalue weighted by molar-refractivity contribution is 0.0484. The largest absolute Gasteiger partial charge is 0.709 e. The van der Waals surface area contributed by atoms with Crippen molar-refractivity contribution in [3.05, 3.63) is 17.9 Å². The Morgan fingerprint density at radius 3 is 2.86 bits per heavy atom. The second kappa shape index (κ2) is 4.68. The molecule has 0 fully saturated rings. The third kappa shape index (κ3) is 2.79. The van der Waals surface area contributed by atoms with Gasteiger partial charge in [-0.25, -0.2) is 4.79 Å². The van der Waals surface area contributed by atoms with Gasteiger partial charge in [0.15, 0.2) is 0 Å². The summed E-state index contributed by atoms with van der Waals surface area (Å²) in [6, 6.07) is 2.60. The zero-order valence-corrected chi connectivity index (χ0v) is 7.47. The van der Waals surface area contributed by atoms with E-state index in [-0.39, 0.29) is 18.3 Å². The summed E-state index contributed by atoms with van der Waals surface area (Å²) in [7, 11) is -1.98. The van der Waals surface area contributed by atoms with Gasteiger partial charge in [0.05, 0.1) is 6.61 Å². The summed E-state index contributed by atoms with van der Waals surface area (Å²) in [6.07, 6.45) is 0. The van der Waals surface area contributed by atoms with E-state index in [9.17, 15) is 4.79 Å². The Morgan fingerprint density at radius 2 is 2.29 bits per heavy atom. The predicted molar refractivity (Wildman–Crippen MR) is 45.5 cm³/mol. The summed E-state index contributed by atoms with van der Waals surface area (Å²) < 4.78 is 13.8. The van der Waals surface area contributed by atoms with Crippen molar-refractivity contribution >= 4 is 13.3 Å². The molecule has 0 saturated heterocycles. The summed E-state index contributed by atoms with van der Waals surface area (Å²) >= 11 is 0. The standard InChI is InChI=1S/C7H9BO6/c1-2-12-7(9)5-3-4-6(13-5)14-8(10)11/h3-4,10-11H,2H2,1H3. The molecule has 0 bridgehead atoms. The molecule has 0 atom stereocenters. The van der Waals surface area contributed by atoms with E-state index in [0.29, 0.717) is 0 Å². The molecule has 0 saturated carbocycles. The molecule has 1 aromatic heterocycles. The smallest absolute Gasteiger partial charge is 0.484 e. The number of carbonyl (C=O) groups is 1. The van der Waals surface area contributed by atoms with E-state index in [1.54, 1.807) is 6.92 Å². The van der Waals surface area contributed by atoms with Crippen molar-refractivity contribution in [2.45, 2.75) is 6.92 Å². The van der Waals surface area contributed by atoms with Gasteiger partial charge >= 0.3 is 13.3 Å². The molecule has 14 heavy (non-hydrogen) atoms. The van der Waals surface area contributed by atoms with E-state index in [1.165, 1.54) is 12.1 Å². The molecule has 2 N–H and O–H groups in total. The maximum atomic E-state index is 11.0. The highest BCUT2D eigenvalue weighted by molar-refractivity contribution is 6.33. The van der Waals surface area contributed by atoms with E-state index in [2.05, 4.69) is 9.39 Å². The van der Waals surface area contributed by atoms with E-state index < -0.39 is 13.3 Å². The maximum absolute atomic E-state index is 11.0. The maximum Gasteiger partial charge on any atom is 0.709 e. The molecule has 0 radical (unpaired) electrons. The summed E-state index contributed by atoms with van der Waals surface area (Å²) in [5.74, 6) is -0.847. The van der Waals surface area contributed by atoms with E-state index in [1.807, 2.05) is 0 Å². The van der Waals surface area contributed by atoms with Crippen molar-refractivity contribution in [2.24, 2.45) is 0 Å². The van der Waals surface area contributed by atoms with Gasteiger partial charge in [-0.05, 0) is 13.0 Å². The zero-order valence-electron chi connectivity index (χ0n) is 7.47. The van der Waals surface area contributed by atoms with Gasteiger partial charge in [-0.1, -0.05) is 0 Å². The van der Waals surface area contributed by atoms with Crippen LogP contribution in [-0.4, -0.2) is 29.9 Å². The van der Waals surface area contributed by atoms with Crippen LogP contribution in [0.15, 0.2) is 16.5 Å². The van der Waals surface area contributed by atoms with Crippen LogP contribution in [-0.2, 0) is 4.74 Å². The predicted octanol–water partition coefficient (Wildman–Crippen LogP) is -0.195. The first kappa shape index (κ1) is 10.6. The lowest BCUT2D eigenvalue weighted by Crippen LogP contribution is -2.20. The van der Waals surface area contributed by atoms with Gasteiger partial charge in [0, 0.05) is 6.07 Å². The van der Waals surface area contributed by atoms with Crippen LogP contribution < -0.4 is 4.65 Å². The van der Waals surface area contributed by atoms with Gasteiger partial charge in [0.2, 0.25) is 5.76 Å². The quantitative estimate of drug-likeness (QED) is 0.516. The van der Waals surface area contributed by atoms with Crippen LogP contribution in [0.25, 0.3) is 0 Å². The van der Waals surface area contributed by atoms with Crippen LogP contribution in [0.5, 0.6) is 5.95 Å². The van der Waals surface area contributed by atoms with Crippen LogP contribution in [0.2, 0.25) is 0 Å². The van der Waals surface area contributed by atoms with Gasteiger partial charge in [-0.2, -0.15) is 0 Å². The molecule has 0 aromatic carbocycles. The van der Waals surface area contributed by atoms with Gasteiger partial charge in [-0.3, -0.25) is 0 Å². The average molecular weight is 200 g/mol. The number of rotatable bonds is 4. The lowest BCUT2D eigenvalue weighted by Gasteiger charge is -1.99. The third-order valence-corrected chi connectivity index (χ3v) is 1.28. The molecule has 0 aliphatic carbocycles. The number of esters is 1. The Kier molecular flexibility index (Phi) is 3.55. The number of carbonyl (C=O) groups excluding carboxylic acids is 1. The summed E-state index contributed by atoms with van der Waals surface area (Å²) in [5.41, 5.74) is 0. The van der Waals surface area contributed by atoms with Crippen molar-refractivity contribution < 1.29 is 28.7 Å². The van der Waals surface area contributed by atoms with Crippen molar-refractivity contribution in [3.8, 4) is 5.95 Å². The average Bonchev–Trinajstić information content (AvgIpc) is 2.52. The van der Waals surface area contributed by atoms with Crippen LogP contribution >= 0.6 is 0 Å². The minimum atomic E-state index is -1.98. The van der Waals surface area contributed by atoms with E-state index in [0.717, 1.165) is 0 Å². The highest BCUT2D eigenvalue weighted by atomic mass is 16.7. The molecule has 76 valence electrons. The van der Waals surface area contributed by atoms with Crippen LogP contribution in [0.1, 0.15) is 17.5 Å². The minimum absolute atomic E-state index is 0.0532. The van der Waals surface area contributed by atoms with Crippen molar-refractivity contribution in [1.82, 2.24) is 0 Å². The first-order valence-corrected chi connectivity index (χ1v) is 3.93. The number of hydrogen-bond acceptors (Lipinski definition) is 6. The zero-order chi connectivity index (χ0) is 10.6. The second-order valence-corrected chi connectivity index (χ2v) is 2.28. The molecule has 1 rings (SSSR count). The SMILES string of the molecule is CCOC(=O)c1ccc(OB(O)O)o1. The van der Waals surface area contributed by atoms with Crippen LogP contribution in [0.3, 0.4) is 0 Å². The number of furan rings is 1. The molecule has 1 aromatic rings. The molecular weight excluding hydrogens is 191 g/mol. The minimum Gasteiger partial charge on any atom is -0.484 e. The molecule has 0 spiro atoms. The molecule has 6 nitrogen and oxygen atoms in total. The Bertz CT molecular complexity index is 307. The first-order valence-electron chi connectivity index (χ1n) is 3.93. The number of ether oxygens (including phenoxy) is 1. The molecule has 1 heterocycles. The molecule has 7 heteroatoms.